The Bertz CT molecular complexity index is 217. The summed E-state index contributed by atoms with van der Waals surface area (Å²) >= 11 is 0. The van der Waals surface area contributed by atoms with Gasteiger partial charge in [0.05, 0.1) is 12.7 Å². The van der Waals surface area contributed by atoms with Crippen molar-refractivity contribution in [2.24, 2.45) is 0 Å². The Labute approximate surface area is 96.9 Å². The maximum absolute atomic E-state index is 11.2. The Balaban J connectivity index is 2.45. The number of carbonyl (C=O) groups is 1. The molecule has 0 bridgehead atoms. The average molecular weight is 230 g/mol. The van der Waals surface area contributed by atoms with E-state index in [1.165, 1.54) is 0 Å². The lowest BCUT2D eigenvalue weighted by molar-refractivity contribution is -0.174. The van der Waals surface area contributed by atoms with Gasteiger partial charge in [0.25, 0.3) is 0 Å². The smallest absolute Gasteiger partial charge is 0.335 e. The maximum atomic E-state index is 11.2. The molecule has 1 saturated heterocycles. The minimum absolute atomic E-state index is 0.0746. The van der Waals surface area contributed by atoms with Crippen LogP contribution in [0.1, 0.15) is 46.0 Å². The van der Waals surface area contributed by atoms with E-state index in [0.29, 0.717) is 19.4 Å². The Kier molecular flexibility index (Phi) is 5.22. The first-order valence-corrected chi connectivity index (χ1v) is 6.13. The SMILES string of the molecule is CCC(CC)(OCC1CCCCO1)C(=O)O. The quantitative estimate of drug-likeness (QED) is 0.760. The third kappa shape index (κ3) is 3.19. The fourth-order valence-corrected chi connectivity index (χ4v) is 2.01. The van der Waals surface area contributed by atoms with Crippen LogP contribution in [0, 0.1) is 0 Å². The highest BCUT2D eigenvalue weighted by atomic mass is 16.6. The van der Waals surface area contributed by atoms with Crippen LogP contribution in [0.4, 0.5) is 0 Å². The van der Waals surface area contributed by atoms with E-state index < -0.39 is 11.6 Å². The number of carboxylic acid groups (broad SMARTS) is 1. The van der Waals surface area contributed by atoms with Crippen molar-refractivity contribution in [3.8, 4) is 0 Å². The molecule has 1 aliphatic heterocycles. The molecule has 1 unspecified atom stereocenters. The molecular formula is C12H22O4. The van der Waals surface area contributed by atoms with Crippen LogP contribution >= 0.6 is 0 Å². The van der Waals surface area contributed by atoms with E-state index in [9.17, 15) is 9.90 Å². The number of aliphatic carboxylic acids is 1. The van der Waals surface area contributed by atoms with Gasteiger partial charge >= 0.3 is 5.97 Å². The minimum atomic E-state index is -1.03. The van der Waals surface area contributed by atoms with E-state index in [1.807, 2.05) is 13.8 Å². The highest BCUT2D eigenvalue weighted by Gasteiger charge is 2.36. The molecule has 0 amide bonds. The van der Waals surface area contributed by atoms with Gasteiger partial charge in [-0.2, -0.15) is 0 Å². The van der Waals surface area contributed by atoms with Crippen molar-refractivity contribution in [3.05, 3.63) is 0 Å². The summed E-state index contributed by atoms with van der Waals surface area (Å²) in [5, 5.41) is 9.19. The van der Waals surface area contributed by atoms with E-state index in [0.717, 1.165) is 25.9 Å². The van der Waals surface area contributed by atoms with Gasteiger partial charge < -0.3 is 14.6 Å². The number of rotatable bonds is 6. The summed E-state index contributed by atoms with van der Waals surface area (Å²) in [7, 11) is 0. The van der Waals surface area contributed by atoms with Gasteiger partial charge in [-0.1, -0.05) is 13.8 Å². The van der Waals surface area contributed by atoms with E-state index in [-0.39, 0.29) is 6.10 Å². The molecule has 1 N–H and O–H groups in total. The Hall–Kier alpha value is -0.610. The molecule has 4 heteroatoms. The molecule has 1 rings (SSSR count). The lowest BCUT2D eigenvalue weighted by Crippen LogP contribution is -2.43. The molecule has 0 aliphatic carbocycles. The van der Waals surface area contributed by atoms with Crippen LogP contribution in [-0.2, 0) is 14.3 Å². The Morgan fingerprint density at radius 1 is 1.44 bits per heavy atom. The van der Waals surface area contributed by atoms with Gasteiger partial charge in [-0.3, -0.25) is 0 Å². The lowest BCUT2D eigenvalue weighted by Gasteiger charge is -2.30. The first-order valence-electron chi connectivity index (χ1n) is 6.13. The molecular weight excluding hydrogens is 208 g/mol. The fraction of sp³-hybridized carbons (Fsp3) is 0.917. The third-order valence-corrected chi connectivity index (χ3v) is 3.35. The van der Waals surface area contributed by atoms with Crippen molar-refractivity contribution < 1.29 is 19.4 Å². The van der Waals surface area contributed by atoms with Crippen molar-refractivity contribution in [1.82, 2.24) is 0 Å². The second kappa shape index (κ2) is 6.21. The first kappa shape index (κ1) is 13.5. The molecule has 1 aliphatic rings. The van der Waals surface area contributed by atoms with E-state index >= 15 is 0 Å². The van der Waals surface area contributed by atoms with Gasteiger partial charge in [0, 0.05) is 6.61 Å². The largest absolute Gasteiger partial charge is 0.479 e. The molecule has 1 atom stereocenters. The van der Waals surface area contributed by atoms with Crippen molar-refractivity contribution in [3.63, 3.8) is 0 Å². The highest BCUT2D eigenvalue weighted by Crippen LogP contribution is 2.23. The zero-order valence-corrected chi connectivity index (χ0v) is 10.2. The molecule has 0 aromatic carbocycles. The Morgan fingerprint density at radius 2 is 2.12 bits per heavy atom. The first-order chi connectivity index (χ1) is 7.64. The number of hydrogen-bond donors (Lipinski definition) is 1. The van der Waals surface area contributed by atoms with Crippen molar-refractivity contribution >= 4 is 5.97 Å². The zero-order valence-electron chi connectivity index (χ0n) is 10.2. The molecule has 16 heavy (non-hydrogen) atoms. The third-order valence-electron chi connectivity index (χ3n) is 3.35. The van der Waals surface area contributed by atoms with Gasteiger partial charge in [-0.05, 0) is 32.1 Å². The molecule has 0 aromatic heterocycles. The van der Waals surface area contributed by atoms with Gasteiger partial charge in [-0.15, -0.1) is 0 Å². The predicted octanol–water partition coefficient (Wildman–Crippen LogP) is 2.22. The number of carboxylic acids is 1. The van der Waals surface area contributed by atoms with E-state index in [4.69, 9.17) is 9.47 Å². The van der Waals surface area contributed by atoms with Gasteiger partial charge in [0.1, 0.15) is 0 Å². The van der Waals surface area contributed by atoms with Crippen LogP contribution < -0.4 is 0 Å². The van der Waals surface area contributed by atoms with Crippen LogP contribution in [0.15, 0.2) is 0 Å². The van der Waals surface area contributed by atoms with E-state index in [2.05, 4.69) is 0 Å². The standard InChI is InChI=1S/C12H22O4/c1-3-12(4-2,11(13)14)16-9-10-7-5-6-8-15-10/h10H,3-9H2,1-2H3,(H,13,14). The van der Waals surface area contributed by atoms with Crippen LogP contribution in [0.5, 0.6) is 0 Å². The second-order valence-electron chi connectivity index (χ2n) is 4.31. The van der Waals surface area contributed by atoms with Crippen LogP contribution in [0.3, 0.4) is 0 Å². The molecule has 0 radical (unpaired) electrons. The van der Waals surface area contributed by atoms with Crippen molar-refractivity contribution in [1.29, 1.82) is 0 Å². The summed E-state index contributed by atoms with van der Waals surface area (Å²) in [6, 6.07) is 0. The van der Waals surface area contributed by atoms with Crippen LogP contribution in [0.2, 0.25) is 0 Å². The predicted molar refractivity (Wildman–Crippen MR) is 60.5 cm³/mol. The fourth-order valence-electron chi connectivity index (χ4n) is 2.01. The van der Waals surface area contributed by atoms with Gasteiger partial charge in [-0.25, -0.2) is 4.79 Å². The lowest BCUT2D eigenvalue weighted by atomic mass is 9.97. The minimum Gasteiger partial charge on any atom is -0.479 e. The molecule has 0 saturated carbocycles. The second-order valence-corrected chi connectivity index (χ2v) is 4.31. The van der Waals surface area contributed by atoms with E-state index in [1.54, 1.807) is 0 Å². The molecule has 0 aromatic rings. The van der Waals surface area contributed by atoms with Crippen molar-refractivity contribution in [2.75, 3.05) is 13.2 Å². The molecule has 1 fully saturated rings. The summed E-state index contributed by atoms with van der Waals surface area (Å²) < 4.78 is 11.1. The highest BCUT2D eigenvalue weighted by molar-refractivity contribution is 5.77. The summed E-state index contributed by atoms with van der Waals surface area (Å²) in [4.78, 5) is 11.2. The van der Waals surface area contributed by atoms with Crippen LogP contribution in [-0.4, -0.2) is 36.0 Å². The molecule has 94 valence electrons. The monoisotopic (exact) mass is 230 g/mol. The normalized spacial score (nSPS) is 22.0. The Morgan fingerprint density at radius 3 is 2.56 bits per heavy atom. The number of ether oxygens (including phenoxy) is 2. The number of hydrogen-bond acceptors (Lipinski definition) is 3. The summed E-state index contributed by atoms with van der Waals surface area (Å²) in [6.45, 7) is 4.86. The van der Waals surface area contributed by atoms with Crippen LogP contribution in [0.25, 0.3) is 0 Å². The molecule has 1 heterocycles. The topological polar surface area (TPSA) is 55.8 Å². The maximum Gasteiger partial charge on any atom is 0.335 e. The average Bonchev–Trinajstić information content (AvgIpc) is 2.32. The summed E-state index contributed by atoms with van der Waals surface area (Å²) in [5.74, 6) is -0.867. The van der Waals surface area contributed by atoms with Gasteiger partial charge in [0.15, 0.2) is 5.60 Å². The summed E-state index contributed by atoms with van der Waals surface area (Å²) in [6.07, 6.45) is 4.28. The molecule has 4 nitrogen and oxygen atoms in total. The van der Waals surface area contributed by atoms with Gasteiger partial charge in [0.2, 0.25) is 0 Å². The summed E-state index contributed by atoms with van der Waals surface area (Å²) in [5.41, 5.74) is -1.03. The zero-order chi connectivity index (χ0) is 12.0. The van der Waals surface area contributed by atoms with Crippen molar-refractivity contribution in [2.45, 2.75) is 57.7 Å². The molecule has 0 spiro atoms.